The number of nitriles is 2. The summed E-state index contributed by atoms with van der Waals surface area (Å²) in [6.45, 7) is 1.69. The predicted octanol–water partition coefficient (Wildman–Crippen LogP) is 2.40. The Kier molecular flexibility index (Phi) is 4.13. The van der Waals surface area contributed by atoms with Crippen molar-refractivity contribution in [2.75, 3.05) is 5.32 Å². The molecular formula is C15H10N4O2. The first-order valence-corrected chi connectivity index (χ1v) is 5.99. The molecule has 1 heterocycles. The van der Waals surface area contributed by atoms with Gasteiger partial charge in [-0.2, -0.15) is 10.5 Å². The molecule has 0 saturated carbocycles. The standard InChI is InChI=1S/C15H10N4O2/c1-10-6-14(19-21-10)18-15(20)13(9-17)7-11-2-4-12(8-16)5-3-11/h2-7H,1H3,(H,18,19,20)/b13-7-. The van der Waals surface area contributed by atoms with Crippen molar-refractivity contribution in [3.8, 4) is 12.1 Å². The fourth-order valence-electron chi connectivity index (χ4n) is 1.58. The Morgan fingerprint density at radius 1 is 1.33 bits per heavy atom. The van der Waals surface area contributed by atoms with Crippen LogP contribution in [-0.2, 0) is 4.79 Å². The van der Waals surface area contributed by atoms with Gasteiger partial charge in [-0.1, -0.05) is 17.3 Å². The van der Waals surface area contributed by atoms with E-state index in [2.05, 4.69) is 10.5 Å². The van der Waals surface area contributed by atoms with Gasteiger partial charge in [-0.3, -0.25) is 4.79 Å². The highest BCUT2D eigenvalue weighted by Crippen LogP contribution is 2.12. The number of carbonyl (C=O) groups excluding carboxylic acids is 1. The summed E-state index contributed by atoms with van der Waals surface area (Å²) < 4.78 is 4.82. The number of nitrogens with one attached hydrogen (secondary N) is 1. The van der Waals surface area contributed by atoms with Gasteiger partial charge in [0, 0.05) is 6.07 Å². The van der Waals surface area contributed by atoms with Crippen molar-refractivity contribution in [2.45, 2.75) is 6.92 Å². The fraction of sp³-hybridized carbons (Fsp3) is 0.0667. The molecule has 0 fully saturated rings. The van der Waals surface area contributed by atoms with E-state index in [0.29, 0.717) is 16.9 Å². The van der Waals surface area contributed by atoms with Crippen molar-refractivity contribution in [2.24, 2.45) is 0 Å². The predicted molar refractivity (Wildman–Crippen MR) is 74.6 cm³/mol. The smallest absolute Gasteiger partial charge is 0.267 e. The molecule has 6 nitrogen and oxygen atoms in total. The average Bonchev–Trinajstić information content (AvgIpc) is 2.90. The maximum Gasteiger partial charge on any atom is 0.267 e. The van der Waals surface area contributed by atoms with Gasteiger partial charge in [-0.25, -0.2) is 0 Å². The largest absolute Gasteiger partial charge is 0.360 e. The van der Waals surface area contributed by atoms with Crippen LogP contribution in [0.3, 0.4) is 0 Å². The molecule has 0 saturated heterocycles. The van der Waals surface area contributed by atoms with Crippen molar-refractivity contribution >= 4 is 17.8 Å². The quantitative estimate of drug-likeness (QED) is 0.686. The lowest BCUT2D eigenvalue weighted by molar-refractivity contribution is -0.112. The van der Waals surface area contributed by atoms with Crippen molar-refractivity contribution in [3.63, 3.8) is 0 Å². The molecule has 21 heavy (non-hydrogen) atoms. The monoisotopic (exact) mass is 278 g/mol. The second kappa shape index (κ2) is 6.18. The van der Waals surface area contributed by atoms with Crippen LogP contribution in [0.1, 0.15) is 16.9 Å². The molecule has 0 aliphatic heterocycles. The zero-order chi connectivity index (χ0) is 15.2. The third kappa shape index (κ3) is 3.55. The number of aromatic nitrogens is 1. The van der Waals surface area contributed by atoms with Gasteiger partial charge >= 0.3 is 0 Å². The summed E-state index contributed by atoms with van der Waals surface area (Å²) in [6.07, 6.45) is 1.43. The van der Waals surface area contributed by atoms with Crippen molar-refractivity contribution in [1.29, 1.82) is 10.5 Å². The van der Waals surface area contributed by atoms with Crippen LogP contribution in [0.25, 0.3) is 6.08 Å². The number of anilines is 1. The molecular weight excluding hydrogens is 268 g/mol. The Morgan fingerprint density at radius 2 is 2.05 bits per heavy atom. The maximum atomic E-state index is 11.9. The summed E-state index contributed by atoms with van der Waals surface area (Å²) in [7, 11) is 0. The minimum absolute atomic E-state index is 0.0691. The highest BCUT2D eigenvalue weighted by Gasteiger charge is 2.11. The average molecular weight is 278 g/mol. The molecule has 0 unspecified atom stereocenters. The second-order valence-electron chi connectivity index (χ2n) is 4.18. The Labute approximate surface area is 120 Å². The van der Waals surface area contributed by atoms with Crippen LogP contribution in [0.5, 0.6) is 0 Å². The minimum atomic E-state index is -0.574. The van der Waals surface area contributed by atoms with Crippen LogP contribution in [0.2, 0.25) is 0 Å². The van der Waals surface area contributed by atoms with Gasteiger partial charge in [0.05, 0.1) is 11.6 Å². The molecule has 102 valence electrons. The second-order valence-corrected chi connectivity index (χ2v) is 4.18. The minimum Gasteiger partial charge on any atom is -0.360 e. The first kappa shape index (κ1) is 14.0. The Morgan fingerprint density at radius 3 is 2.57 bits per heavy atom. The zero-order valence-electron chi connectivity index (χ0n) is 11.1. The molecule has 0 aliphatic rings. The number of benzene rings is 1. The van der Waals surface area contributed by atoms with Crippen molar-refractivity contribution in [1.82, 2.24) is 5.16 Å². The van der Waals surface area contributed by atoms with Crippen molar-refractivity contribution in [3.05, 3.63) is 52.8 Å². The Bertz CT molecular complexity index is 773. The number of aryl methyl sites for hydroxylation is 1. The lowest BCUT2D eigenvalue weighted by Gasteiger charge is -2.00. The highest BCUT2D eigenvalue weighted by atomic mass is 16.5. The number of carbonyl (C=O) groups is 1. The molecule has 6 heteroatoms. The lowest BCUT2D eigenvalue weighted by Crippen LogP contribution is -2.13. The van der Waals surface area contributed by atoms with E-state index in [-0.39, 0.29) is 11.4 Å². The molecule has 0 radical (unpaired) electrons. The molecule has 1 aromatic carbocycles. The number of hydrogen-bond acceptors (Lipinski definition) is 5. The zero-order valence-corrected chi connectivity index (χ0v) is 11.1. The molecule has 1 amide bonds. The normalized spacial score (nSPS) is 10.5. The van der Waals surface area contributed by atoms with E-state index >= 15 is 0 Å². The number of hydrogen-bond donors (Lipinski definition) is 1. The Balaban J connectivity index is 2.18. The molecule has 0 atom stereocenters. The molecule has 1 aromatic heterocycles. The van der Waals surface area contributed by atoms with E-state index in [9.17, 15) is 4.79 Å². The van der Waals surface area contributed by atoms with E-state index in [0.717, 1.165) is 0 Å². The van der Waals surface area contributed by atoms with E-state index in [1.165, 1.54) is 6.08 Å². The fourth-order valence-corrected chi connectivity index (χ4v) is 1.58. The van der Waals surface area contributed by atoms with Gasteiger partial charge in [-0.15, -0.1) is 0 Å². The Hall–Kier alpha value is -3.38. The highest BCUT2D eigenvalue weighted by molar-refractivity contribution is 6.09. The van der Waals surface area contributed by atoms with Gasteiger partial charge in [0.25, 0.3) is 5.91 Å². The van der Waals surface area contributed by atoms with Crippen LogP contribution < -0.4 is 5.32 Å². The third-order valence-electron chi connectivity index (χ3n) is 2.59. The number of amides is 1. The van der Waals surface area contributed by atoms with Crippen LogP contribution in [0.15, 0.2) is 40.4 Å². The first-order valence-electron chi connectivity index (χ1n) is 5.99. The third-order valence-corrected chi connectivity index (χ3v) is 2.59. The summed E-state index contributed by atoms with van der Waals surface area (Å²) in [5, 5.41) is 23.9. The number of rotatable bonds is 3. The van der Waals surface area contributed by atoms with Gasteiger partial charge in [-0.05, 0) is 30.7 Å². The van der Waals surface area contributed by atoms with Gasteiger partial charge in [0.2, 0.25) is 0 Å². The first-order chi connectivity index (χ1) is 10.1. The molecule has 0 aliphatic carbocycles. The topological polar surface area (TPSA) is 103 Å². The van der Waals surface area contributed by atoms with Gasteiger partial charge < -0.3 is 9.84 Å². The van der Waals surface area contributed by atoms with Crippen molar-refractivity contribution < 1.29 is 9.32 Å². The molecule has 0 bridgehead atoms. The van der Waals surface area contributed by atoms with Gasteiger partial charge in [0.1, 0.15) is 17.4 Å². The van der Waals surface area contributed by atoms with Crippen LogP contribution >= 0.6 is 0 Å². The lowest BCUT2D eigenvalue weighted by atomic mass is 10.1. The number of nitrogens with zero attached hydrogens (tertiary/aromatic N) is 3. The summed E-state index contributed by atoms with van der Waals surface area (Å²) >= 11 is 0. The van der Waals surface area contributed by atoms with E-state index in [4.69, 9.17) is 15.0 Å². The summed E-state index contributed by atoms with van der Waals surface area (Å²) in [5.74, 6) is 0.230. The molecule has 2 rings (SSSR count). The van der Waals surface area contributed by atoms with Crippen LogP contribution in [0, 0.1) is 29.6 Å². The molecule has 2 aromatic rings. The summed E-state index contributed by atoms with van der Waals surface area (Å²) in [4.78, 5) is 11.9. The summed E-state index contributed by atoms with van der Waals surface area (Å²) in [6, 6.07) is 11.9. The van der Waals surface area contributed by atoms with E-state index < -0.39 is 5.91 Å². The van der Waals surface area contributed by atoms with E-state index in [1.54, 1.807) is 37.3 Å². The van der Waals surface area contributed by atoms with Crippen LogP contribution in [-0.4, -0.2) is 11.1 Å². The molecule has 1 N–H and O–H groups in total. The van der Waals surface area contributed by atoms with Crippen LogP contribution in [0.4, 0.5) is 5.82 Å². The van der Waals surface area contributed by atoms with Gasteiger partial charge in [0.15, 0.2) is 5.82 Å². The molecule has 0 spiro atoms. The maximum absolute atomic E-state index is 11.9. The van der Waals surface area contributed by atoms with E-state index in [1.807, 2.05) is 12.1 Å². The SMILES string of the molecule is Cc1cc(NC(=O)/C(C#N)=C\c2ccc(C#N)cc2)no1. The summed E-state index contributed by atoms with van der Waals surface area (Å²) in [5.41, 5.74) is 1.09.